The smallest absolute Gasteiger partial charge is 0.261 e. The molecule has 0 aliphatic rings. The van der Waals surface area contributed by atoms with Crippen molar-refractivity contribution in [1.29, 1.82) is 0 Å². The van der Waals surface area contributed by atoms with Crippen molar-refractivity contribution in [3.05, 3.63) is 59.7 Å². The van der Waals surface area contributed by atoms with E-state index in [1.165, 1.54) is 0 Å². The van der Waals surface area contributed by atoms with Gasteiger partial charge in [0.15, 0.2) is 6.61 Å². The second-order valence-corrected chi connectivity index (χ2v) is 8.48. The molecular weight excluding hydrogens is 392 g/mol. The average molecular weight is 427 g/mol. The predicted octanol–water partition coefficient (Wildman–Crippen LogP) is 3.92. The number of carbonyl (C=O) groups excluding carboxylic acids is 2. The molecule has 0 spiro atoms. The van der Waals surface area contributed by atoms with E-state index in [4.69, 9.17) is 9.47 Å². The van der Waals surface area contributed by atoms with Crippen LogP contribution >= 0.6 is 0 Å². The van der Waals surface area contributed by atoms with Gasteiger partial charge in [-0.25, -0.2) is 0 Å². The summed E-state index contributed by atoms with van der Waals surface area (Å²) < 4.78 is 11.1. The summed E-state index contributed by atoms with van der Waals surface area (Å²) in [6.45, 7) is 10.5. The third-order valence-electron chi connectivity index (χ3n) is 5.08. The first kappa shape index (κ1) is 24.3. The van der Waals surface area contributed by atoms with Crippen LogP contribution in [0.4, 0.5) is 0 Å². The molecular formula is C25H34N2O4. The Bertz CT molecular complexity index is 872. The monoisotopic (exact) mass is 426 g/mol. The first-order valence-corrected chi connectivity index (χ1v) is 10.6. The number of ether oxygens (including phenoxy) is 2. The normalized spacial score (nSPS) is 12.1. The summed E-state index contributed by atoms with van der Waals surface area (Å²) >= 11 is 0. The van der Waals surface area contributed by atoms with Gasteiger partial charge in [-0.3, -0.25) is 9.59 Å². The van der Waals surface area contributed by atoms with Crippen LogP contribution in [0.3, 0.4) is 0 Å². The molecule has 168 valence electrons. The second kappa shape index (κ2) is 10.8. The van der Waals surface area contributed by atoms with Gasteiger partial charge in [0.1, 0.15) is 17.5 Å². The van der Waals surface area contributed by atoms with Crippen LogP contribution in [0.25, 0.3) is 0 Å². The van der Waals surface area contributed by atoms with E-state index in [2.05, 4.69) is 26.1 Å². The van der Waals surface area contributed by atoms with Gasteiger partial charge in [0.05, 0.1) is 7.11 Å². The fraction of sp³-hybridized carbons (Fsp3) is 0.440. The highest BCUT2D eigenvalue weighted by Crippen LogP contribution is 2.31. The Balaban J connectivity index is 2.20. The highest BCUT2D eigenvalue weighted by atomic mass is 16.5. The van der Waals surface area contributed by atoms with E-state index in [0.29, 0.717) is 18.8 Å². The summed E-state index contributed by atoms with van der Waals surface area (Å²) in [5.74, 6) is 0.969. The molecule has 0 saturated heterocycles. The van der Waals surface area contributed by atoms with Gasteiger partial charge in [-0.2, -0.15) is 0 Å². The second-order valence-electron chi connectivity index (χ2n) is 8.48. The van der Waals surface area contributed by atoms with Crippen molar-refractivity contribution in [3.63, 3.8) is 0 Å². The quantitative estimate of drug-likeness (QED) is 0.660. The molecule has 2 aromatic rings. The van der Waals surface area contributed by atoms with Gasteiger partial charge in [0.25, 0.3) is 5.91 Å². The lowest BCUT2D eigenvalue weighted by atomic mass is 9.86. The summed E-state index contributed by atoms with van der Waals surface area (Å²) in [5.41, 5.74) is 1.82. The molecule has 0 saturated carbocycles. The third kappa shape index (κ3) is 6.74. The first-order valence-electron chi connectivity index (χ1n) is 10.6. The predicted molar refractivity (Wildman–Crippen MR) is 122 cm³/mol. The summed E-state index contributed by atoms with van der Waals surface area (Å²) in [7, 11) is 1.61. The molecule has 6 heteroatoms. The van der Waals surface area contributed by atoms with E-state index in [0.717, 1.165) is 16.9 Å². The molecule has 0 bridgehead atoms. The van der Waals surface area contributed by atoms with Crippen LogP contribution in [-0.2, 0) is 21.5 Å². The maximum atomic E-state index is 13.2. The number of nitrogens with zero attached hydrogens (tertiary/aromatic N) is 1. The SMILES string of the molecule is CCNC(=O)[C@H](C)N(Cc1ccc(OC)cc1)C(=O)COc1ccccc1C(C)(C)C. The summed E-state index contributed by atoms with van der Waals surface area (Å²) in [6.07, 6.45) is 0. The van der Waals surface area contributed by atoms with E-state index >= 15 is 0 Å². The number of carbonyl (C=O) groups is 2. The number of hydrogen-bond donors (Lipinski definition) is 1. The molecule has 0 aliphatic carbocycles. The van der Waals surface area contributed by atoms with Gasteiger partial charge < -0.3 is 19.7 Å². The Morgan fingerprint density at radius 3 is 2.29 bits per heavy atom. The van der Waals surface area contributed by atoms with Gasteiger partial charge >= 0.3 is 0 Å². The topological polar surface area (TPSA) is 67.9 Å². The molecule has 31 heavy (non-hydrogen) atoms. The molecule has 2 rings (SSSR count). The molecule has 0 aliphatic heterocycles. The number of benzene rings is 2. The zero-order valence-corrected chi connectivity index (χ0v) is 19.4. The summed E-state index contributed by atoms with van der Waals surface area (Å²) in [4.78, 5) is 27.2. The van der Waals surface area contributed by atoms with Gasteiger partial charge in [-0.05, 0) is 48.6 Å². The molecule has 2 aromatic carbocycles. The molecule has 0 heterocycles. The highest BCUT2D eigenvalue weighted by molar-refractivity contribution is 5.87. The number of rotatable bonds is 9. The first-order chi connectivity index (χ1) is 14.7. The van der Waals surface area contributed by atoms with Crippen LogP contribution in [0.2, 0.25) is 0 Å². The van der Waals surface area contributed by atoms with E-state index in [9.17, 15) is 9.59 Å². The van der Waals surface area contributed by atoms with Crippen molar-refractivity contribution < 1.29 is 19.1 Å². The maximum Gasteiger partial charge on any atom is 0.261 e. The Morgan fingerprint density at radius 1 is 1.06 bits per heavy atom. The number of nitrogens with one attached hydrogen (secondary N) is 1. The fourth-order valence-corrected chi connectivity index (χ4v) is 3.27. The minimum absolute atomic E-state index is 0.114. The summed E-state index contributed by atoms with van der Waals surface area (Å²) in [6, 6.07) is 14.6. The van der Waals surface area contributed by atoms with Crippen LogP contribution in [-0.4, -0.2) is 43.0 Å². The van der Waals surface area contributed by atoms with Crippen LogP contribution in [0.15, 0.2) is 48.5 Å². The molecule has 0 radical (unpaired) electrons. The van der Waals surface area contributed by atoms with Gasteiger partial charge in [0.2, 0.25) is 5.91 Å². The molecule has 6 nitrogen and oxygen atoms in total. The van der Waals surface area contributed by atoms with Gasteiger partial charge in [0, 0.05) is 13.1 Å². The van der Waals surface area contributed by atoms with Crippen molar-refractivity contribution >= 4 is 11.8 Å². The van der Waals surface area contributed by atoms with Crippen molar-refractivity contribution in [2.45, 2.75) is 52.6 Å². The number of amides is 2. The molecule has 0 unspecified atom stereocenters. The van der Waals surface area contributed by atoms with E-state index in [-0.39, 0.29) is 23.8 Å². The average Bonchev–Trinajstić information content (AvgIpc) is 2.75. The van der Waals surface area contributed by atoms with Gasteiger partial charge in [-0.15, -0.1) is 0 Å². The molecule has 1 atom stereocenters. The minimum Gasteiger partial charge on any atom is -0.497 e. The maximum absolute atomic E-state index is 13.2. The molecule has 0 fully saturated rings. The summed E-state index contributed by atoms with van der Waals surface area (Å²) in [5, 5.41) is 2.79. The largest absolute Gasteiger partial charge is 0.497 e. The molecule has 1 N–H and O–H groups in total. The third-order valence-corrected chi connectivity index (χ3v) is 5.08. The van der Waals surface area contributed by atoms with Crippen LogP contribution < -0.4 is 14.8 Å². The Kier molecular flexibility index (Phi) is 8.48. The number of hydrogen-bond acceptors (Lipinski definition) is 4. The van der Waals surface area contributed by atoms with E-state index in [1.54, 1.807) is 18.9 Å². The lowest BCUT2D eigenvalue weighted by Crippen LogP contribution is -2.49. The highest BCUT2D eigenvalue weighted by Gasteiger charge is 2.27. The molecule has 0 aromatic heterocycles. The van der Waals surface area contributed by atoms with Crippen molar-refractivity contribution in [1.82, 2.24) is 10.2 Å². The number of likely N-dealkylation sites (N-methyl/N-ethyl adjacent to an activating group) is 1. The fourth-order valence-electron chi connectivity index (χ4n) is 3.27. The van der Waals surface area contributed by atoms with Crippen molar-refractivity contribution in [2.24, 2.45) is 0 Å². The zero-order chi connectivity index (χ0) is 23.0. The van der Waals surface area contributed by atoms with E-state index in [1.807, 2.05) is 55.5 Å². The van der Waals surface area contributed by atoms with Crippen molar-refractivity contribution in [3.8, 4) is 11.5 Å². The lowest BCUT2D eigenvalue weighted by Gasteiger charge is -2.29. The Hall–Kier alpha value is -3.02. The van der Waals surface area contributed by atoms with Crippen LogP contribution in [0.5, 0.6) is 11.5 Å². The van der Waals surface area contributed by atoms with Crippen LogP contribution in [0, 0.1) is 0 Å². The standard InChI is InChI=1S/C25H34N2O4/c1-7-26-24(29)18(2)27(16-19-12-14-20(30-6)15-13-19)23(28)17-31-22-11-9-8-10-21(22)25(3,4)5/h8-15,18H,7,16-17H2,1-6H3,(H,26,29)/t18-/m0/s1. The Morgan fingerprint density at radius 2 is 1.71 bits per heavy atom. The number of para-hydroxylation sites is 1. The zero-order valence-electron chi connectivity index (χ0n) is 19.4. The Labute approximate surface area is 185 Å². The minimum atomic E-state index is -0.629. The molecule has 2 amide bonds. The van der Waals surface area contributed by atoms with Crippen molar-refractivity contribution in [2.75, 3.05) is 20.3 Å². The van der Waals surface area contributed by atoms with Gasteiger partial charge in [-0.1, -0.05) is 51.1 Å². The van der Waals surface area contributed by atoms with E-state index < -0.39 is 6.04 Å². The lowest BCUT2D eigenvalue weighted by molar-refractivity contribution is -0.142. The number of methoxy groups -OCH3 is 1. The van der Waals surface area contributed by atoms with Crippen LogP contribution in [0.1, 0.15) is 45.7 Å².